The van der Waals surface area contributed by atoms with Crippen LogP contribution >= 0.6 is 0 Å². The molecule has 0 spiro atoms. The van der Waals surface area contributed by atoms with Gasteiger partial charge in [-0.3, -0.25) is 4.79 Å². The number of nitrogens with two attached hydrogens (primary N) is 1. The van der Waals surface area contributed by atoms with Gasteiger partial charge in [0.2, 0.25) is 0 Å². The molecular weight excluding hydrogens is 158 g/mol. The number of methoxy groups -OCH3 is 1. The van der Waals surface area contributed by atoms with Crippen molar-refractivity contribution in [1.82, 2.24) is 0 Å². The normalized spacial score (nSPS) is 35.1. The van der Waals surface area contributed by atoms with Crippen LogP contribution in [-0.2, 0) is 9.53 Å². The Morgan fingerprint density at radius 2 is 2.50 bits per heavy atom. The number of rotatable bonds is 2. The number of carbonyl (C=O) groups is 1. The highest BCUT2D eigenvalue weighted by Gasteiger charge is 2.44. The molecule has 0 heterocycles. The fourth-order valence-electron chi connectivity index (χ4n) is 1.78. The van der Waals surface area contributed by atoms with Gasteiger partial charge in [0.25, 0.3) is 0 Å². The van der Waals surface area contributed by atoms with Crippen molar-refractivity contribution in [3.63, 3.8) is 0 Å². The van der Waals surface area contributed by atoms with Gasteiger partial charge in [-0.05, 0) is 19.3 Å². The van der Waals surface area contributed by atoms with E-state index >= 15 is 0 Å². The minimum atomic E-state index is -1.02. The second-order valence-corrected chi connectivity index (χ2v) is 3.28. The molecule has 0 aromatic carbocycles. The Hall–Kier alpha value is -0.610. The zero-order chi connectivity index (χ0) is 9.19. The number of hydrogen-bond donors (Lipinski definition) is 2. The molecular formula is C8H15NO3. The third-order valence-electron chi connectivity index (χ3n) is 2.59. The second kappa shape index (κ2) is 3.41. The number of esters is 1. The van der Waals surface area contributed by atoms with Gasteiger partial charge in [0, 0.05) is 6.54 Å². The summed E-state index contributed by atoms with van der Waals surface area (Å²) in [5.41, 5.74) is 4.37. The van der Waals surface area contributed by atoms with Crippen LogP contribution in [0.1, 0.15) is 19.3 Å². The molecule has 0 amide bonds. The van der Waals surface area contributed by atoms with E-state index in [0.29, 0.717) is 12.8 Å². The van der Waals surface area contributed by atoms with Crippen molar-refractivity contribution in [2.45, 2.75) is 24.9 Å². The Labute approximate surface area is 71.7 Å². The number of carbonyl (C=O) groups excluding carboxylic acids is 1. The molecule has 0 saturated heterocycles. The van der Waals surface area contributed by atoms with Crippen LogP contribution in [0, 0.1) is 5.92 Å². The molecule has 1 aliphatic rings. The first-order chi connectivity index (χ1) is 5.64. The highest BCUT2D eigenvalue weighted by molar-refractivity contribution is 5.74. The van der Waals surface area contributed by atoms with Crippen molar-refractivity contribution in [1.29, 1.82) is 0 Å². The maximum atomic E-state index is 11.2. The first-order valence-electron chi connectivity index (χ1n) is 4.14. The van der Waals surface area contributed by atoms with Crippen LogP contribution in [0.2, 0.25) is 0 Å². The summed E-state index contributed by atoms with van der Waals surface area (Å²) in [6.07, 6.45) is 2.12. The maximum Gasteiger partial charge on any atom is 0.311 e. The molecule has 12 heavy (non-hydrogen) atoms. The van der Waals surface area contributed by atoms with E-state index in [9.17, 15) is 9.90 Å². The van der Waals surface area contributed by atoms with Crippen molar-refractivity contribution in [3.05, 3.63) is 0 Å². The summed E-state index contributed by atoms with van der Waals surface area (Å²) in [7, 11) is 1.33. The first kappa shape index (κ1) is 9.48. The molecule has 2 atom stereocenters. The van der Waals surface area contributed by atoms with Gasteiger partial charge in [-0.2, -0.15) is 0 Å². The molecule has 4 nitrogen and oxygen atoms in total. The third kappa shape index (κ3) is 1.44. The van der Waals surface area contributed by atoms with E-state index < -0.39 is 11.5 Å². The largest absolute Gasteiger partial charge is 0.469 e. The van der Waals surface area contributed by atoms with E-state index in [1.54, 1.807) is 0 Å². The van der Waals surface area contributed by atoms with Gasteiger partial charge in [-0.25, -0.2) is 0 Å². The van der Waals surface area contributed by atoms with Crippen LogP contribution in [-0.4, -0.2) is 30.3 Å². The highest BCUT2D eigenvalue weighted by Crippen LogP contribution is 2.35. The summed E-state index contributed by atoms with van der Waals surface area (Å²) in [6, 6.07) is 0. The fourth-order valence-corrected chi connectivity index (χ4v) is 1.78. The van der Waals surface area contributed by atoms with Crippen LogP contribution in [0.4, 0.5) is 0 Å². The van der Waals surface area contributed by atoms with Gasteiger partial charge in [-0.15, -0.1) is 0 Å². The zero-order valence-corrected chi connectivity index (χ0v) is 7.25. The zero-order valence-electron chi connectivity index (χ0n) is 7.25. The van der Waals surface area contributed by atoms with Crippen molar-refractivity contribution in [2.75, 3.05) is 13.7 Å². The fraction of sp³-hybridized carbons (Fsp3) is 0.875. The van der Waals surface area contributed by atoms with Crippen molar-refractivity contribution >= 4 is 5.97 Å². The third-order valence-corrected chi connectivity index (χ3v) is 2.59. The lowest BCUT2D eigenvalue weighted by Crippen LogP contribution is -2.44. The molecule has 0 aromatic heterocycles. The van der Waals surface area contributed by atoms with Crippen molar-refractivity contribution in [3.8, 4) is 0 Å². The minimum Gasteiger partial charge on any atom is -0.469 e. The molecule has 0 aliphatic heterocycles. The molecule has 1 rings (SSSR count). The van der Waals surface area contributed by atoms with Gasteiger partial charge in [0.1, 0.15) is 0 Å². The smallest absolute Gasteiger partial charge is 0.311 e. The number of aliphatic hydroxyl groups is 1. The van der Waals surface area contributed by atoms with E-state index in [1.165, 1.54) is 7.11 Å². The summed E-state index contributed by atoms with van der Waals surface area (Å²) in [5, 5.41) is 9.84. The van der Waals surface area contributed by atoms with Crippen LogP contribution in [0.25, 0.3) is 0 Å². The number of ether oxygens (including phenoxy) is 1. The Bertz CT molecular complexity index is 183. The average Bonchev–Trinajstić information content (AvgIpc) is 2.47. The van der Waals surface area contributed by atoms with Crippen molar-refractivity contribution < 1.29 is 14.6 Å². The van der Waals surface area contributed by atoms with Crippen LogP contribution in [0.3, 0.4) is 0 Å². The SMILES string of the molecule is COC(=O)C1CCCC1(O)CN. The Balaban J connectivity index is 2.69. The molecule has 1 aliphatic carbocycles. The van der Waals surface area contributed by atoms with Crippen LogP contribution in [0.15, 0.2) is 0 Å². The highest BCUT2D eigenvalue weighted by atomic mass is 16.5. The topological polar surface area (TPSA) is 72.5 Å². The quantitative estimate of drug-likeness (QED) is 0.560. The lowest BCUT2D eigenvalue weighted by atomic mass is 9.91. The van der Waals surface area contributed by atoms with Crippen LogP contribution in [0.5, 0.6) is 0 Å². The lowest BCUT2D eigenvalue weighted by Gasteiger charge is -2.26. The molecule has 1 saturated carbocycles. The lowest BCUT2D eigenvalue weighted by molar-refractivity contribution is -0.152. The van der Waals surface area contributed by atoms with E-state index in [2.05, 4.69) is 4.74 Å². The average molecular weight is 173 g/mol. The monoisotopic (exact) mass is 173 g/mol. The van der Waals surface area contributed by atoms with Gasteiger partial charge < -0.3 is 15.6 Å². The number of hydrogen-bond acceptors (Lipinski definition) is 4. The Morgan fingerprint density at radius 3 is 3.00 bits per heavy atom. The summed E-state index contributed by atoms with van der Waals surface area (Å²) in [4.78, 5) is 11.2. The molecule has 3 N–H and O–H groups in total. The molecule has 1 fully saturated rings. The van der Waals surface area contributed by atoms with Gasteiger partial charge in [0.05, 0.1) is 18.6 Å². The Morgan fingerprint density at radius 1 is 1.83 bits per heavy atom. The molecule has 0 radical (unpaired) electrons. The van der Waals surface area contributed by atoms with E-state index in [0.717, 1.165) is 6.42 Å². The van der Waals surface area contributed by atoms with Crippen LogP contribution < -0.4 is 5.73 Å². The minimum absolute atomic E-state index is 0.132. The summed E-state index contributed by atoms with van der Waals surface area (Å²) in [5.74, 6) is -0.770. The van der Waals surface area contributed by atoms with Gasteiger partial charge in [-0.1, -0.05) is 0 Å². The predicted octanol–water partition coefficient (Wildman–Crippen LogP) is -0.351. The molecule has 70 valence electrons. The van der Waals surface area contributed by atoms with E-state index in [4.69, 9.17) is 5.73 Å². The molecule has 4 heteroatoms. The maximum absolute atomic E-state index is 11.2. The summed E-state index contributed by atoms with van der Waals surface area (Å²) >= 11 is 0. The Kier molecular flexibility index (Phi) is 2.69. The summed E-state index contributed by atoms with van der Waals surface area (Å²) < 4.78 is 4.58. The van der Waals surface area contributed by atoms with Gasteiger partial charge >= 0.3 is 5.97 Å². The van der Waals surface area contributed by atoms with Gasteiger partial charge in [0.15, 0.2) is 0 Å². The first-order valence-corrected chi connectivity index (χ1v) is 4.14. The predicted molar refractivity (Wildman–Crippen MR) is 43.4 cm³/mol. The second-order valence-electron chi connectivity index (χ2n) is 3.28. The standard InChI is InChI=1S/C8H15NO3/c1-12-7(10)6-3-2-4-8(6,11)5-9/h6,11H,2-5,9H2,1H3. The molecule has 2 unspecified atom stereocenters. The molecule has 0 bridgehead atoms. The van der Waals surface area contributed by atoms with E-state index in [-0.39, 0.29) is 12.5 Å². The van der Waals surface area contributed by atoms with Crippen molar-refractivity contribution in [2.24, 2.45) is 11.7 Å². The summed E-state index contributed by atoms with van der Waals surface area (Å²) in [6.45, 7) is 0.132. The van der Waals surface area contributed by atoms with E-state index in [1.807, 2.05) is 0 Å². The molecule has 0 aromatic rings.